The average Bonchev–Trinajstić information content (AvgIpc) is 1.76. The van der Waals surface area contributed by atoms with E-state index in [0.717, 1.165) is 0 Å². The van der Waals surface area contributed by atoms with Crippen molar-refractivity contribution in [2.75, 3.05) is 26.2 Å². The van der Waals surface area contributed by atoms with Crippen molar-refractivity contribution in [1.82, 2.24) is 73.7 Å². The van der Waals surface area contributed by atoms with E-state index in [1.807, 2.05) is 0 Å². The Labute approximate surface area is 577 Å². The van der Waals surface area contributed by atoms with Crippen LogP contribution >= 0.6 is 11.6 Å². The third-order valence-electron chi connectivity index (χ3n) is 16.6. The molecule has 32 nitrogen and oxygen atoms in total. The first-order valence-electron chi connectivity index (χ1n) is 33.0. The fourth-order valence-electron chi connectivity index (χ4n) is 11.5. The summed E-state index contributed by atoms with van der Waals surface area (Å²) in [6.45, 7) is 5.50. The number of nitrogens with one attached hydrogen (secondary N) is 12. The molecule has 2 bridgehead atoms. The minimum Gasteiger partial charge on any atom is -0.370 e. The van der Waals surface area contributed by atoms with Crippen LogP contribution in [0.5, 0.6) is 0 Å². The molecule has 4 heterocycles. The Morgan fingerprint density at radius 1 is 0.646 bits per heavy atom. The number of guanidine groups is 1. The van der Waals surface area contributed by atoms with E-state index in [9.17, 15) is 52.7 Å². The van der Waals surface area contributed by atoms with Crippen molar-refractivity contribution in [2.24, 2.45) is 28.1 Å². The van der Waals surface area contributed by atoms with Crippen LogP contribution in [-0.2, 0) is 86.4 Å². The number of rotatable bonds is 21. The zero-order chi connectivity index (χ0) is 72.3. The van der Waals surface area contributed by atoms with Gasteiger partial charge in [-0.25, -0.2) is 0 Å². The summed E-state index contributed by atoms with van der Waals surface area (Å²) in [6, 6.07) is 1.41. The highest BCUT2D eigenvalue weighted by Gasteiger charge is 2.41. The van der Waals surface area contributed by atoms with Crippen molar-refractivity contribution in [1.29, 1.82) is 0 Å². The topological polar surface area (TPSA) is 490 Å². The Morgan fingerprint density at radius 2 is 1.30 bits per heavy atom. The number of pyridine rings is 1. The standard InChI is InChI=1S/C66H91ClN18O14/c1-5-42(75-37(4)86)57(91)81-48(31-39-19-21-41(67)22-20-39)61(95)82-49(32-40-15-9-25-71-34-40)62(96)83-50-33-54(88)74-35-51(55(68)89)84-64(98)52-18-12-28-85(52)65(99)45-17-11-26-72-56(90)47(30-38-13-7-6-8-14-38)76-53(87)24-23-44(78-63(50)97)59(93)77-43(16-10-27-73-66(69)70)58(92)80-46(29-36(2)3)60(94)79-45/h6-9,13-15,19-22,25,34,36,42-52H,5,10-12,16-18,23-24,26-33,35H2,1-4H3,(H2,68,89)(H,72,90)(H,74,88)(H,75,86)(H,76,87)(H,77,93)(H,78,97)(H,79,94)(H,80,92)(H,81,91)(H,82,95)(H,83,96)(H,84,98)(H4,69,70,73)/t42-,43-,44-,45?,46+,47?,48-,49-,50-,51?,52-/m0/s1. The lowest BCUT2D eigenvalue weighted by Crippen LogP contribution is -2.61. The minimum atomic E-state index is -2.06. The van der Waals surface area contributed by atoms with Gasteiger partial charge in [-0.15, -0.1) is 0 Å². The van der Waals surface area contributed by atoms with Gasteiger partial charge in [0.15, 0.2) is 5.96 Å². The van der Waals surface area contributed by atoms with Crippen LogP contribution in [0.1, 0.15) is 115 Å². The summed E-state index contributed by atoms with van der Waals surface area (Å²) in [6.07, 6.45) is 0.206. The second-order valence-corrected chi connectivity index (χ2v) is 25.4. The molecule has 3 aliphatic heterocycles. The Morgan fingerprint density at radius 3 is 1.96 bits per heavy atom. The number of amides is 14. The minimum absolute atomic E-state index is 0.00490. The van der Waals surface area contributed by atoms with Crippen molar-refractivity contribution in [3.63, 3.8) is 0 Å². The van der Waals surface area contributed by atoms with Gasteiger partial charge < -0.3 is 85.9 Å². The summed E-state index contributed by atoms with van der Waals surface area (Å²) < 4.78 is 0. The van der Waals surface area contributed by atoms with Gasteiger partial charge in [0.25, 0.3) is 0 Å². The summed E-state index contributed by atoms with van der Waals surface area (Å²) >= 11 is 6.19. The summed E-state index contributed by atoms with van der Waals surface area (Å²) in [5.41, 5.74) is 18.6. The number of aliphatic imine (C=N–C) groups is 1. The van der Waals surface area contributed by atoms with E-state index in [2.05, 4.69) is 73.8 Å². The van der Waals surface area contributed by atoms with Crippen molar-refractivity contribution in [2.45, 2.75) is 184 Å². The number of halogens is 1. The van der Waals surface area contributed by atoms with E-state index in [4.69, 9.17) is 28.8 Å². The highest BCUT2D eigenvalue weighted by Crippen LogP contribution is 2.22. The van der Waals surface area contributed by atoms with Gasteiger partial charge in [0.05, 0.1) is 6.42 Å². The molecule has 3 fully saturated rings. The van der Waals surface area contributed by atoms with E-state index in [1.54, 1.807) is 87.5 Å². The molecule has 0 saturated carbocycles. The fourth-order valence-corrected chi connectivity index (χ4v) is 11.6. The van der Waals surface area contributed by atoms with E-state index in [0.29, 0.717) is 21.7 Å². The number of fused-ring (bicyclic) bond motifs is 10. The van der Waals surface area contributed by atoms with Gasteiger partial charge in [-0.1, -0.05) is 80.9 Å². The fraction of sp³-hybridized carbons (Fsp3) is 0.515. The van der Waals surface area contributed by atoms with Crippen LogP contribution in [0.2, 0.25) is 5.02 Å². The molecule has 11 atom stereocenters. The van der Waals surface area contributed by atoms with Crippen LogP contribution in [0.3, 0.4) is 0 Å². The number of nitrogens with zero attached hydrogens (tertiary/aromatic N) is 3. The van der Waals surface area contributed by atoms with Crippen LogP contribution in [0, 0.1) is 5.92 Å². The number of carbonyl (C=O) groups excluding carboxylic acids is 14. The third-order valence-corrected chi connectivity index (χ3v) is 16.9. The Hall–Kier alpha value is -10.3. The van der Waals surface area contributed by atoms with E-state index >= 15 is 14.4 Å². The summed E-state index contributed by atoms with van der Waals surface area (Å²) in [5, 5.41) is 31.9. The van der Waals surface area contributed by atoms with Gasteiger partial charge in [0, 0.05) is 76.2 Å². The summed E-state index contributed by atoms with van der Waals surface area (Å²) in [4.78, 5) is 210. The van der Waals surface area contributed by atoms with Gasteiger partial charge in [0.1, 0.15) is 66.5 Å². The highest BCUT2D eigenvalue weighted by molar-refractivity contribution is 6.30. The predicted octanol–water partition coefficient (Wildman–Crippen LogP) is -3.17. The van der Waals surface area contributed by atoms with Crippen molar-refractivity contribution in [3.05, 3.63) is 101 Å². The van der Waals surface area contributed by atoms with Crippen LogP contribution in [-0.4, -0.2) is 191 Å². The number of aromatic nitrogens is 1. The Bertz CT molecular complexity index is 3400. The maximum Gasteiger partial charge on any atom is 0.245 e. The predicted molar refractivity (Wildman–Crippen MR) is 361 cm³/mol. The molecule has 0 aliphatic carbocycles. The molecule has 18 N–H and O–H groups in total. The van der Waals surface area contributed by atoms with Crippen molar-refractivity contribution < 1.29 is 67.1 Å². The second kappa shape index (κ2) is 38.6. The smallest absolute Gasteiger partial charge is 0.245 e. The van der Waals surface area contributed by atoms with E-state index < -0.39 is 175 Å². The molecule has 2 aromatic carbocycles. The molecule has 1 aromatic heterocycles. The second-order valence-electron chi connectivity index (χ2n) is 25.0. The number of hydrogen-bond donors (Lipinski definition) is 15. The molecule has 14 amide bonds. The molecular formula is C66H91ClN18O14. The monoisotopic (exact) mass is 1390 g/mol. The lowest BCUT2D eigenvalue weighted by atomic mass is 10.0. The van der Waals surface area contributed by atoms with Crippen LogP contribution in [0.4, 0.5) is 0 Å². The van der Waals surface area contributed by atoms with Crippen molar-refractivity contribution >= 4 is 100 Å². The normalized spacial score (nSPS) is 22.8. The molecule has 3 aliphatic rings. The van der Waals surface area contributed by atoms with Crippen molar-refractivity contribution in [3.8, 4) is 0 Å². The molecule has 0 radical (unpaired) electrons. The van der Waals surface area contributed by atoms with Gasteiger partial charge in [-0.05, 0) is 98.6 Å². The van der Waals surface area contributed by atoms with E-state index in [1.165, 1.54) is 24.2 Å². The summed E-state index contributed by atoms with van der Waals surface area (Å²) in [7, 11) is 0. The Kier molecular flexibility index (Phi) is 30.3. The molecule has 99 heavy (non-hydrogen) atoms. The molecule has 0 spiro atoms. The first kappa shape index (κ1) is 77.7. The third kappa shape index (κ3) is 25.3. The summed E-state index contributed by atoms with van der Waals surface area (Å²) in [5.74, 6) is -13.4. The Balaban J connectivity index is 1.49. The molecule has 33 heteroatoms. The number of hydrogen-bond acceptors (Lipinski definition) is 16. The largest absolute Gasteiger partial charge is 0.370 e. The number of carbonyl (C=O) groups is 14. The van der Waals surface area contributed by atoms with Gasteiger partial charge in [0.2, 0.25) is 82.7 Å². The molecule has 536 valence electrons. The number of primary amides is 1. The maximum absolute atomic E-state index is 15.3. The quantitative estimate of drug-likeness (QED) is 0.0216. The zero-order valence-corrected chi connectivity index (χ0v) is 56.6. The van der Waals surface area contributed by atoms with Crippen LogP contribution in [0.15, 0.2) is 84.1 Å². The molecular weight excluding hydrogens is 1300 g/mol. The highest BCUT2D eigenvalue weighted by atomic mass is 35.5. The zero-order valence-electron chi connectivity index (χ0n) is 55.8. The molecule has 6 rings (SSSR count). The maximum atomic E-state index is 15.3. The van der Waals surface area contributed by atoms with Crippen LogP contribution < -0.4 is 81.0 Å². The lowest BCUT2D eigenvalue weighted by Gasteiger charge is -2.31. The lowest BCUT2D eigenvalue weighted by molar-refractivity contribution is -0.142. The molecule has 3 aromatic rings. The van der Waals surface area contributed by atoms with Gasteiger partial charge in [-0.3, -0.25) is 77.1 Å². The molecule has 3 saturated heterocycles. The number of benzene rings is 2. The SMILES string of the molecule is CC[C@H](NC(C)=O)C(=O)N[C@@H](Cc1ccc(Cl)cc1)C(=O)N[C@@H](Cc1cccnc1)C(=O)N[C@H]1CC(=O)NCC(C(N)=O)NC(=O)[C@@H]2CCCN2C(=O)C2CCCNC(=O)C(Cc3ccccc3)NC(=O)CC[C@H](NC1=O)C(=O)N[C@@H](CCCN=C(N)N)C(=O)N[C@H](CC(C)C)C(=O)N2. The van der Waals surface area contributed by atoms with Crippen LogP contribution in [0.25, 0.3) is 0 Å². The first-order chi connectivity index (χ1) is 47.2. The van der Waals surface area contributed by atoms with Gasteiger partial charge in [-0.2, -0.15) is 0 Å². The average molecular weight is 1400 g/mol. The van der Waals surface area contributed by atoms with E-state index in [-0.39, 0.29) is 102 Å². The molecule has 3 unspecified atom stereocenters. The first-order valence-corrected chi connectivity index (χ1v) is 33.4. The number of nitrogens with two attached hydrogens (primary N) is 3. The van der Waals surface area contributed by atoms with Gasteiger partial charge >= 0.3 is 0 Å².